The van der Waals surface area contributed by atoms with E-state index in [4.69, 9.17) is 0 Å². The predicted molar refractivity (Wildman–Crippen MR) is 81.7 cm³/mol. The quantitative estimate of drug-likeness (QED) is 0.739. The third kappa shape index (κ3) is 6.68. The van der Waals surface area contributed by atoms with Crippen molar-refractivity contribution in [2.45, 2.75) is 32.3 Å². The number of piperidine rings is 1. The van der Waals surface area contributed by atoms with E-state index >= 15 is 0 Å². The molecule has 0 spiro atoms. The second-order valence-corrected chi connectivity index (χ2v) is 6.39. The van der Waals surface area contributed by atoms with E-state index in [9.17, 15) is 9.90 Å². The van der Waals surface area contributed by atoms with E-state index in [2.05, 4.69) is 16.8 Å². The summed E-state index contributed by atoms with van der Waals surface area (Å²) in [6, 6.07) is 0. The molecule has 1 unspecified atom stereocenters. The zero-order chi connectivity index (χ0) is 15.1. The Hall–Kier alpha value is -0.650. The van der Waals surface area contributed by atoms with Crippen LogP contribution < -0.4 is 0 Å². The van der Waals surface area contributed by atoms with E-state index in [0.717, 1.165) is 38.6 Å². The van der Waals surface area contributed by atoms with Crippen LogP contribution in [0.5, 0.6) is 0 Å². The molecule has 0 aliphatic carbocycles. The van der Waals surface area contributed by atoms with Crippen LogP contribution in [0, 0.1) is 5.92 Å². The number of aliphatic hydroxyl groups is 1. The Balaban J connectivity index is 2.18. The average molecular weight is 285 g/mol. The number of carbonyl (C=O) groups is 1. The lowest BCUT2D eigenvalue weighted by atomic mass is 9.96. The molecule has 1 aliphatic heterocycles. The fourth-order valence-electron chi connectivity index (χ4n) is 2.77. The van der Waals surface area contributed by atoms with E-state index in [-0.39, 0.29) is 12.0 Å². The molecule has 20 heavy (non-hydrogen) atoms. The first-order valence-electron chi connectivity index (χ1n) is 7.67. The fraction of sp³-hybridized carbons (Fsp3) is 0.933. The number of carbonyl (C=O) groups excluding carboxylic acids is 1. The van der Waals surface area contributed by atoms with Gasteiger partial charge in [0.2, 0.25) is 5.91 Å². The van der Waals surface area contributed by atoms with Crippen molar-refractivity contribution < 1.29 is 9.90 Å². The van der Waals surface area contributed by atoms with Crippen molar-refractivity contribution in [3.05, 3.63) is 0 Å². The highest BCUT2D eigenvalue weighted by Crippen LogP contribution is 2.18. The normalized spacial score (nSPS) is 19.3. The van der Waals surface area contributed by atoms with Gasteiger partial charge in [-0.3, -0.25) is 4.79 Å². The Bertz CT molecular complexity index is 287. The highest BCUT2D eigenvalue weighted by atomic mass is 16.3. The highest BCUT2D eigenvalue weighted by Gasteiger charge is 2.21. The number of β-amino-alcohol motifs (C(OH)–C–C–N with tert-alkyl or cyclic N) is 1. The van der Waals surface area contributed by atoms with Crippen molar-refractivity contribution >= 4 is 5.91 Å². The van der Waals surface area contributed by atoms with E-state index in [1.54, 1.807) is 19.0 Å². The summed E-state index contributed by atoms with van der Waals surface area (Å²) in [7, 11) is 5.71. The van der Waals surface area contributed by atoms with E-state index < -0.39 is 0 Å². The van der Waals surface area contributed by atoms with Crippen LogP contribution in [0.3, 0.4) is 0 Å². The SMILES string of the molecule is CC(O)CN1CCC(CN(C)CCC(=O)N(C)C)CC1. The van der Waals surface area contributed by atoms with Crippen LogP contribution in [0.2, 0.25) is 0 Å². The average Bonchev–Trinajstić information content (AvgIpc) is 2.37. The zero-order valence-electron chi connectivity index (χ0n) is 13.5. The Morgan fingerprint density at radius 2 is 1.90 bits per heavy atom. The summed E-state index contributed by atoms with van der Waals surface area (Å²) in [6.45, 7) is 6.72. The molecule has 5 nitrogen and oxygen atoms in total. The summed E-state index contributed by atoms with van der Waals surface area (Å²) in [5, 5.41) is 9.40. The Kier molecular flexibility index (Phi) is 7.48. The van der Waals surface area contributed by atoms with Crippen molar-refractivity contribution in [1.82, 2.24) is 14.7 Å². The monoisotopic (exact) mass is 285 g/mol. The van der Waals surface area contributed by atoms with Gasteiger partial charge in [-0.1, -0.05) is 0 Å². The second-order valence-electron chi connectivity index (χ2n) is 6.39. The number of amides is 1. The maximum Gasteiger partial charge on any atom is 0.223 e. The first kappa shape index (κ1) is 17.4. The smallest absolute Gasteiger partial charge is 0.223 e. The molecule has 1 rings (SSSR count). The summed E-state index contributed by atoms with van der Waals surface area (Å²) in [5.41, 5.74) is 0. The van der Waals surface area contributed by atoms with Gasteiger partial charge < -0.3 is 19.8 Å². The van der Waals surface area contributed by atoms with Gasteiger partial charge >= 0.3 is 0 Å². The molecule has 0 saturated carbocycles. The van der Waals surface area contributed by atoms with Gasteiger partial charge in [-0.2, -0.15) is 0 Å². The molecule has 1 aliphatic rings. The summed E-state index contributed by atoms with van der Waals surface area (Å²) in [6.07, 6.45) is 2.76. The molecule has 0 aromatic heterocycles. The lowest BCUT2D eigenvalue weighted by Crippen LogP contribution is -2.41. The minimum Gasteiger partial charge on any atom is -0.392 e. The van der Waals surface area contributed by atoms with Crippen molar-refractivity contribution in [3.63, 3.8) is 0 Å². The lowest BCUT2D eigenvalue weighted by molar-refractivity contribution is -0.129. The van der Waals surface area contributed by atoms with Crippen molar-refractivity contribution in [3.8, 4) is 0 Å². The summed E-state index contributed by atoms with van der Waals surface area (Å²) in [5.74, 6) is 0.920. The molecular weight excluding hydrogens is 254 g/mol. The standard InChI is InChI=1S/C15H31N3O2/c1-13(19)11-18-9-5-14(6-10-18)12-17(4)8-7-15(20)16(2)3/h13-14,19H,5-12H2,1-4H3. The molecule has 1 N–H and O–H groups in total. The van der Waals surface area contributed by atoms with Crippen molar-refractivity contribution in [2.75, 3.05) is 53.9 Å². The number of hydrogen-bond acceptors (Lipinski definition) is 4. The van der Waals surface area contributed by atoms with Crippen LogP contribution in [-0.4, -0.2) is 85.7 Å². The van der Waals surface area contributed by atoms with Crippen LogP contribution in [0.4, 0.5) is 0 Å². The number of aliphatic hydroxyl groups excluding tert-OH is 1. The molecule has 0 aromatic rings. The van der Waals surface area contributed by atoms with Gasteiger partial charge in [0.15, 0.2) is 0 Å². The summed E-state index contributed by atoms with van der Waals surface area (Å²) < 4.78 is 0. The largest absolute Gasteiger partial charge is 0.392 e. The molecule has 1 amide bonds. The molecule has 0 radical (unpaired) electrons. The third-order valence-electron chi connectivity index (χ3n) is 4.01. The zero-order valence-corrected chi connectivity index (χ0v) is 13.5. The molecule has 1 fully saturated rings. The van der Waals surface area contributed by atoms with E-state index in [1.807, 2.05) is 6.92 Å². The number of likely N-dealkylation sites (tertiary alicyclic amines) is 1. The Labute approximate surface area is 123 Å². The maximum atomic E-state index is 11.6. The molecule has 5 heteroatoms. The Morgan fingerprint density at radius 1 is 1.30 bits per heavy atom. The fourth-order valence-corrected chi connectivity index (χ4v) is 2.77. The van der Waals surface area contributed by atoms with Gasteiger partial charge in [0, 0.05) is 40.2 Å². The summed E-state index contributed by atoms with van der Waals surface area (Å²) >= 11 is 0. The van der Waals surface area contributed by atoms with Crippen LogP contribution in [-0.2, 0) is 4.79 Å². The molecule has 1 heterocycles. The van der Waals surface area contributed by atoms with Crippen LogP contribution in [0.25, 0.3) is 0 Å². The predicted octanol–water partition coefficient (Wildman–Crippen LogP) is 0.489. The van der Waals surface area contributed by atoms with Crippen LogP contribution >= 0.6 is 0 Å². The molecule has 0 aromatic carbocycles. The first-order chi connectivity index (χ1) is 9.38. The van der Waals surface area contributed by atoms with Crippen molar-refractivity contribution in [2.24, 2.45) is 5.92 Å². The topological polar surface area (TPSA) is 47.0 Å². The minimum absolute atomic E-state index is 0.198. The number of nitrogens with zero attached hydrogens (tertiary/aromatic N) is 3. The summed E-state index contributed by atoms with van der Waals surface area (Å²) in [4.78, 5) is 17.8. The lowest BCUT2D eigenvalue weighted by Gasteiger charge is -2.34. The van der Waals surface area contributed by atoms with E-state index in [1.165, 1.54) is 12.8 Å². The second kappa shape index (κ2) is 8.60. The molecular formula is C15H31N3O2. The van der Waals surface area contributed by atoms with Gasteiger partial charge in [0.25, 0.3) is 0 Å². The number of rotatable bonds is 7. The molecule has 118 valence electrons. The van der Waals surface area contributed by atoms with Crippen LogP contribution in [0.15, 0.2) is 0 Å². The molecule has 1 atom stereocenters. The number of hydrogen-bond donors (Lipinski definition) is 1. The van der Waals surface area contributed by atoms with E-state index in [0.29, 0.717) is 6.42 Å². The maximum absolute atomic E-state index is 11.6. The van der Waals surface area contributed by atoms with Gasteiger partial charge in [-0.05, 0) is 45.8 Å². The van der Waals surface area contributed by atoms with Crippen molar-refractivity contribution in [1.29, 1.82) is 0 Å². The Morgan fingerprint density at radius 3 is 2.40 bits per heavy atom. The molecule has 0 bridgehead atoms. The highest BCUT2D eigenvalue weighted by molar-refractivity contribution is 5.75. The molecule has 1 saturated heterocycles. The minimum atomic E-state index is -0.230. The first-order valence-corrected chi connectivity index (χ1v) is 7.67. The third-order valence-corrected chi connectivity index (χ3v) is 4.01. The van der Waals surface area contributed by atoms with Gasteiger partial charge in [-0.25, -0.2) is 0 Å². The van der Waals surface area contributed by atoms with Crippen LogP contribution in [0.1, 0.15) is 26.2 Å². The van der Waals surface area contributed by atoms with Gasteiger partial charge in [-0.15, -0.1) is 0 Å². The van der Waals surface area contributed by atoms with Gasteiger partial charge in [0.1, 0.15) is 0 Å². The van der Waals surface area contributed by atoms with Gasteiger partial charge in [0.05, 0.1) is 6.10 Å².